The molecule has 0 atom stereocenters. The lowest BCUT2D eigenvalue weighted by Crippen LogP contribution is -2.24. The second-order valence-corrected chi connectivity index (χ2v) is 5.04. The SMILES string of the molecule is CCOC(=O)CNCc1cc(Cl)sc1Cl. The minimum Gasteiger partial charge on any atom is -0.465 e. The third-order valence-electron chi connectivity index (χ3n) is 1.62. The van der Waals surface area contributed by atoms with Gasteiger partial charge in [-0.2, -0.15) is 0 Å². The lowest BCUT2D eigenvalue weighted by molar-refractivity contribution is -0.142. The van der Waals surface area contributed by atoms with Crippen LogP contribution in [0.25, 0.3) is 0 Å². The highest BCUT2D eigenvalue weighted by atomic mass is 35.5. The average molecular weight is 268 g/mol. The largest absolute Gasteiger partial charge is 0.465 e. The predicted octanol–water partition coefficient (Wildman–Crippen LogP) is 2.71. The smallest absolute Gasteiger partial charge is 0.319 e. The van der Waals surface area contributed by atoms with E-state index in [9.17, 15) is 4.79 Å². The molecule has 1 aromatic rings. The van der Waals surface area contributed by atoms with E-state index in [0.717, 1.165) is 5.56 Å². The second kappa shape index (κ2) is 6.33. The van der Waals surface area contributed by atoms with Crippen LogP contribution in [0.2, 0.25) is 8.67 Å². The molecule has 1 N–H and O–H groups in total. The maximum absolute atomic E-state index is 11.0. The molecule has 1 rings (SSSR count). The topological polar surface area (TPSA) is 38.3 Å². The number of carbonyl (C=O) groups is 1. The monoisotopic (exact) mass is 267 g/mol. The molecule has 0 fully saturated rings. The van der Waals surface area contributed by atoms with Crippen LogP contribution in [0.5, 0.6) is 0 Å². The van der Waals surface area contributed by atoms with E-state index in [0.29, 0.717) is 21.8 Å². The van der Waals surface area contributed by atoms with Gasteiger partial charge in [0, 0.05) is 6.54 Å². The van der Waals surface area contributed by atoms with Gasteiger partial charge < -0.3 is 10.1 Å². The molecule has 0 aliphatic heterocycles. The van der Waals surface area contributed by atoms with Crippen molar-refractivity contribution in [3.05, 3.63) is 20.3 Å². The standard InChI is InChI=1S/C9H11Cl2NO2S/c1-2-14-8(13)5-12-4-6-3-7(10)15-9(6)11/h3,12H,2,4-5H2,1H3. The van der Waals surface area contributed by atoms with Crippen LogP contribution in [0.1, 0.15) is 12.5 Å². The molecule has 0 unspecified atom stereocenters. The van der Waals surface area contributed by atoms with Crippen LogP contribution in [0.15, 0.2) is 6.07 Å². The number of rotatable bonds is 5. The zero-order chi connectivity index (χ0) is 11.3. The quantitative estimate of drug-likeness (QED) is 0.834. The predicted molar refractivity (Wildman–Crippen MR) is 62.7 cm³/mol. The number of carbonyl (C=O) groups excluding carboxylic acids is 1. The molecule has 0 amide bonds. The Morgan fingerprint density at radius 1 is 1.60 bits per heavy atom. The second-order valence-electron chi connectivity index (χ2n) is 2.76. The number of hydrogen-bond acceptors (Lipinski definition) is 4. The maximum Gasteiger partial charge on any atom is 0.319 e. The fourth-order valence-corrected chi connectivity index (χ4v) is 2.49. The van der Waals surface area contributed by atoms with E-state index in [-0.39, 0.29) is 12.5 Å². The molecule has 0 saturated carbocycles. The maximum atomic E-state index is 11.0. The van der Waals surface area contributed by atoms with Crippen LogP contribution in [0, 0.1) is 0 Å². The molecule has 0 spiro atoms. The van der Waals surface area contributed by atoms with Crippen LogP contribution in [-0.4, -0.2) is 19.1 Å². The lowest BCUT2D eigenvalue weighted by atomic mass is 10.3. The van der Waals surface area contributed by atoms with Crippen LogP contribution in [0.3, 0.4) is 0 Å². The Morgan fingerprint density at radius 2 is 2.33 bits per heavy atom. The van der Waals surface area contributed by atoms with Gasteiger partial charge in [-0.25, -0.2) is 0 Å². The molecule has 0 radical (unpaired) electrons. The van der Waals surface area contributed by atoms with Crippen molar-refractivity contribution in [3.8, 4) is 0 Å². The Balaban J connectivity index is 2.31. The highest BCUT2D eigenvalue weighted by Crippen LogP contribution is 2.30. The first-order chi connectivity index (χ1) is 7.13. The Kier molecular flexibility index (Phi) is 5.39. The molecule has 0 aromatic carbocycles. The summed E-state index contributed by atoms with van der Waals surface area (Å²) in [7, 11) is 0. The molecule has 15 heavy (non-hydrogen) atoms. The Hall–Kier alpha value is -0.290. The van der Waals surface area contributed by atoms with E-state index in [1.165, 1.54) is 11.3 Å². The molecule has 0 aliphatic carbocycles. The summed E-state index contributed by atoms with van der Waals surface area (Å²) in [6.07, 6.45) is 0. The summed E-state index contributed by atoms with van der Waals surface area (Å²) in [4.78, 5) is 11.0. The van der Waals surface area contributed by atoms with E-state index in [2.05, 4.69) is 5.32 Å². The molecule has 6 heteroatoms. The van der Waals surface area contributed by atoms with E-state index >= 15 is 0 Å². The Morgan fingerprint density at radius 3 is 2.87 bits per heavy atom. The minimum absolute atomic E-state index is 0.178. The van der Waals surface area contributed by atoms with Crippen molar-refractivity contribution in [1.29, 1.82) is 0 Å². The van der Waals surface area contributed by atoms with Crippen molar-refractivity contribution in [1.82, 2.24) is 5.32 Å². The van der Waals surface area contributed by atoms with Gasteiger partial charge in [-0.05, 0) is 18.6 Å². The van der Waals surface area contributed by atoms with Gasteiger partial charge in [0.05, 0.1) is 21.8 Å². The average Bonchev–Trinajstić information content (AvgIpc) is 2.46. The molecular weight excluding hydrogens is 257 g/mol. The first-order valence-electron chi connectivity index (χ1n) is 4.43. The first-order valence-corrected chi connectivity index (χ1v) is 6.00. The van der Waals surface area contributed by atoms with Gasteiger partial charge in [-0.15, -0.1) is 11.3 Å². The molecule has 0 bridgehead atoms. The highest BCUT2D eigenvalue weighted by Gasteiger charge is 2.06. The third-order valence-corrected chi connectivity index (χ3v) is 3.19. The van der Waals surface area contributed by atoms with Crippen LogP contribution in [-0.2, 0) is 16.1 Å². The number of hydrogen-bond donors (Lipinski definition) is 1. The van der Waals surface area contributed by atoms with Crippen molar-refractivity contribution < 1.29 is 9.53 Å². The summed E-state index contributed by atoms with van der Waals surface area (Å²) in [5, 5.41) is 2.93. The summed E-state index contributed by atoms with van der Waals surface area (Å²) >= 11 is 13.0. The number of esters is 1. The van der Waals surface area contributed by atoms with E-state index in [1.54, 1.807) is 13.0 Å². The lowest BCUT2D eigenvalue weighted by Gasteiger charge is -2.03. The van der Waals surface area contributed by atoms with Crippen LogP contribution in [0.4, 0.5) is 0 Å². The van der Waals surface area contributed by atoms with E-state index in [1.807, 2.05) is 0 Å². The fraction of sp³-hybridized carbons (Fsp3) is 0.444. The third kappa shape index (κ3) is 4.38. The normalized spacial score (nSPS) is 10.3. The highest BCUT2D eigenvalue weighted by molar-refractivity contribution is 7.20. The summed E-state index contributed by atoms with van der Waals surface area (Å²) in [6, 6.07) is 1.78. The van der Waals surface area contributed by atoms with Gasteiger partial charge in [0.2, 0.25) is 0 Å². The zero-order valence-electron chi connectivity index (χ0n) is 8.18. The molecule has 1 heterocycles. The minimum atomic E-state index is -0.269. The number of halogens is 2. The zero-order valence-corrected chi connectivity index (χ0v) is 10.5. The number of ether oxygens (including phenoxy) is 1. The molecule has 0 aliphatic rings. The molecule has 3 nitrogen and oxygen atoms in total. The molecule has 84 valence electrons. The van der Waals surface area contributed by atoms with Gasteiger partial charge in [-0.1, -0.05) is 23.2 Å². The molecular formula is C9H11Cl2NO2S. The van der Waals surface area contributed by atoms with Crippen LogP contribution < -0.4 is 5.32 Å². The van der Waals surface area contributed by atoms with Gasteiger partial charge in [0.15, 0.2) is 0 Å². The fourth-order valence-electron chi connectivity index (χ4n) is 1.01. The van der Waals surface area contributed by atoms with Crippen molar-refractivity contribution in [2.24, 2.45) is 0 Å². The number of nitrogens with one attached hydrogen (secondary N) is 1. The summed E-state index contributed by atoms with van der Waals surface area (Å²) in [5.41, 5.74) is 0.899. The van der Waals surface area contributed by atoms with E-state index < -0.39 is 0 Å². The first kappa shape index (κ1) is 12.8. The molecule has 0 saturated heterocycles. The van der Waals surface area contributed by atoms with Gasteiger partial charge >= 0.3 is 5.97 Å². The summed E-state index contributed by atoms with van der Waals surface area (Å²) in [5.74, 6) is -0.269. The Labute approximate surface area is 102 Å². The molecule has 1 aromatic heterocycles. The summed E-state index contributed by atoms with van der Waals surface area (Å²) < 4.78 is 6.05. The summed E-state index contributed by atoms with van der Waals surface area (Å²) in [6.45, 7) is 2.86. The van der Waals surface area contributed by atoms with E-state index in [4.69, 9.17) is 27.9 Å². The van der Waals surface area contributed by atoms with Crippen LogP contribution >= 0.6 is 34.5 Å². The van der Waals surface area contributed by atoms with Gasteiger partial charge in [0.1, 0.15) is 0 Å². The van der Waals surface area contributed by atoms with Crippen molar-refractivity contribution in [3.63, 3.8) is 0 Å². The van der Waals surface area contributed by atoms with Gasteiger partial charge in [0.25, 0.3) is 0 Å². The van der Waals surface area contributed by atoms with Crippen molar-refractivity contribution in [2.75, 3.05) is 13.2 Å². The van der Waals surface area contributed by atoms with Gasteiger partial charge in [-0.3, -0.25) is 4.79 Å². The van der Waals surface area contributed by atoms with Crippen molar-refractivity contribution in [2.45, 2.75) is 13.5 Å². The number of thiophene rings is 1. The Bertz CT molecular complexity index is 341. The van der Waals surface area contributed by atoms with Crippen molar-refractivity contribution >= 4 is 40.5 Å².